The quantitative estimate of drug-likeness (QED) is 0.866. The lowest BCUT2D eigenvalue weighted by molar-refractivity contribution is 0.627. The van der Waals surface area contributed by atoms with Crippen molar-refractivity contribution >= 4 is 12.2 Å². The highest BCUT2D eigenvalue weighted by Gasteiger charge is 2.10. The van der Waals surface area contributed by atoms with Gasteiger partial charge >= 0.3 is 0 Å². The summed E-state index contributed by atoms with van der Waals surface area (Å²) >= 11 is 5.21. The molecule has 2 aromatic rings. The Morgan fingerprint density at radius 1 is 1.42 bits per heavy atom. The zero-order valence-corrected chi connectivity index (χ0v) is 11.2. The third-order valence-corrected chi connectivity index (χ3v) is 3.12. The van der Waals surface area contributed by atoms with Crippen LogP contribution in [-0.4, -0.2) is 9.97 Å². The monoisotopic (exact) mass is 273 g/mol. The number of aromatic amines is 1. The first-order chi connectivity index (χ1) is 9.15. The van der Waals surface area contributed by atoms with E-state index in [0.717, 1.165) is 24.1 Å². The normalized spacial score (nSPS) is 10.2. The predicted octanol–water partition coefficient (Wildman–Crippen LogP) is 3.77. The Morgan fingerprint density at radius 3 is 2.89 bits per heavy atom. The van der Waals surface area contributed by atoms with Gasteiger partial charge in [0.15, 0.2) is 0 Å². The summed E-state index contributed by atoms with van der Waals surface area (Å²) in [5, 5.41) is 8.90. The molecule has 0 amide bonds. The summed E-state index contributed by atoms with van der Waals surface area (Å²) in [5.74, 6) is -0.437. The highest BCUT2D eigenvalue weighted by Crippen LogP contribution is 2.24. The molecule has 1 aromatic heterocycles. The number of nitrogens with one attached hydrogen (secondary N) is 1. The van der Waals surface area contributed by atoms with Crippen LogP contribution in [0, 0.1) is 21.8 Å². The van der Waals surface area contributed by atoms with Gasteiger partial charge in [-0.15, -0.1) is 0 Å². The van der Waals surface area contributed by atoms with Gasteiger partial charge in [0.2, 0.25) is 0 Å². The van der Waals surface area contributed by atoms with Crippen LogP contribution in [0.3, 0.4) is 0 Å². The molecule has 5 heteroatoms. The third-order valence-electron chi connectivity index (χ3n) is 2.77. The molecule has 1 heterocycles. The molecule has 0 aliphatic rings. The molecule has 0 aliphatic carbocycles. The van der Waals surface area contributed by atoms with E-state index in [2.05, 4.69) is 9.97 Å². The molecule has 0 unspecified atom stereocenters. The first-order valence-electron chi connectivity index (χ1n) is 5.93. The highest BCUT2D eigenvalue weighted by atomic mass is 32.1. The molecular weight excluding hydrogens is 261 g/mol. The Labute approximate surface area is 115 Å². The van der Waals surface area contributed by atoms with E-state index in [9.17, 15) is 4.39 Å². The molecule has 0 fully saturated rings. The second-order valence-electron chi connectivity index (χ2n) is 4.15. The number of H-pyrrole nitrogens is 1. The van der Waals surface area contributed by atoms with Crippen molar-refractivity contribution in [3.8, 4) is 17.3 Å². The predicted molar refractivity (Wildman–Crippen MR) is 73.5 cm³/mol. The van der Waals surface area contributed by atoms with Gasteiger partial charge in [-0.05, 0) is 24.6 Å². The Morgan fingerprint density at radius 2 is 2.21 bits per heavy atom. The minimum atomic E-state index is -0.437. The van der Waals surface area contributed by atoms with E-state index in [0.29, 0.717) is 10.2 Å². The number of halogens is 1. The summed E-state index contributed by atoms with van der Waals surface area (Å²) in [5.41, 5.74) is 2.52. The molecule has 3 nitrogen and oxygen atoms in total. The fourth-order valence-corrected chi connectivity index (χ4v) is 2.22. The van der Waals surface area contributed by atoms with Gasteiger partial charge in [0, 0.05) is 11.1 Å². The van der Waals surface area contributed by atoms with Crippen LogP contribution in [-0.2, 0) is 6.42 Å². The summed E-state index contributed by atoms with van der Waals surface area (Å²) in [7, 11) is 0. The maximum atomic E-state index is 13.5. The number of nitrogens with zero attached hydrogens (tertiary/aromatic N) is 2. The van der Waals surface area contributed by atoms with Gasteiger partial charge in [-0.2, -0.15) is 5.26 Å². The van der Waals surface area contributed by atoms with Gasteiger partial charge < -0.3 is 4.98 Å². The largest absolute Gasteiger partial charge is 0.346 e. The number of benzene rings is 1. The van der Waals surface area contributed by atoms with Gasteiger partial charge in [-0.1, -0.05) is 25.6 Å². The lowest BCUT2D eigenvalue weighted by Crippen LogP contribution is -1.97. The van der Waals surface area contributed by atoms with E-state index in [-0.39, 0.29) is 5.56 Å². The summed E-state index contributed by atoms with van der Waals surface area (Å²) in [6.07, 6.45) is 3.17. The minimum absolute atomic E-state index is 0.286. The topological polar surface area (TPSA) is 52.5 Å². The van der Waals surface area contributed by atoms with Crippen molar-refractivity contribution in [1.29, 1.82) is 5.26 Å². The van der Waals surface area contributed by atoms with Gasteiger partial charge in [-0.25, -0.2) is 9.37 Å². The van der Waals surface area contributed by atoms with Crippen molar-refractivity contribution < 1.29 is 4.39 Å². The molecule has 1 N–H and O–H groups in total. The molecule has 0 saturated carbocycles. The molecule has 0 spiro atoms. The summed E-state index contributed by atoms with van der Waals surface area (Å²) in [6, 6.07) is 6.19. The standard InChI is InChI=1S/C14H12FN3S/c1-2-3-12-13(17-8-18-14(12)19)10-4-9(7-16)5-11(15)6-10/h4-6,8H,2-3H2,1H3,(H,17,18,19). The second-order valence-corrected chi connectivity index (χ2v) is 4.54. The Hall–Kier alpha value is -2.06. The number of hydrogen-bond donors (Lipinski definition) is 1. The molecule has 0 bridgehead atoms. The summed E-state index contributed by atoms with van der Waals surface area (Å²) in [4.78, 5) is 7.05. The van der Waals surface area contributed by atoms with Crippen LogP contribution in [0.25, 0.3) is 11.3 Å². The van der Waals surface area contributed by atoms with Crippen molar-refractivity contribution in [2.24, 2.45) is 0 Å². The van der Waals surface area contributed by atoms with Gasteiger partial charge in [-0.3, -0.25) is 0 Å². The van der Waals surface area contributed by atoms with Crippen LogP contribution in [0.1, 0.15) is 24.5 Å². The van der Waals surface area contributed by atoms with Crippen LogP contribution >= 0.6 is 12.2 Å². The second kappa shape index (κ2) is 5.72. The van der Waals surface area contributed by atoms with Crippen LogP contribution < -0.4 is 0 Å². The SMILES string of the molecule is CCCc1c(-c2cc(F)cc(C#N)c2)[nH]cnc1=S. The number of aromatic nitrogens is 2. The molecule has 0 saturated heterocycles. The zero-order valence-electron chi connectivity index (χ0n) is 10.4. The molecular formula is C14H12FN3S. The minimum Gasteiger partial charge on any atom is -0.346 e. The van der Waals surface area contributed by atoms with Gasteiger partial charge in [0.1, 0.15) is 10.5 Å². The van der Waals surface area contributed by atoms with Gasteiger partial charge in [0.25, 0.3) is 0 Å². The van der Waals surface area contributed by atoms with E-state index < -0.39 is 5.82 Å². The van der Waals surface area contributed by atoms with E-state index in [4.69, 9.17) is 17.5 Å². The molecule has 2 rings (SSSR count). The molecule has 0 atom stereocenters. The zero-order chi connectivity index (χ0) is 13.8. The summed E-state index contributed by atoms with van der Waals surface area (Å²) in [6.45, 7) is 2.04. The Balaban J connectivity index is 2.65. The average Bonchev–Trinajstić information content (AvgIpc) is 2.40. The van der Waals surface area contributed by atoms with E-state index in [1.54, 1.807) is 6.07 Å². The molecule has 96 valence electrons. The van der Waals surface area contributed by atoms with E-state index in [1.807, 2.05) is 13.0 Å². The Kier molecular flexibility index (Phi) is 4.03. The van der Waals surface area contributed by atoms with Crippen LogP contribution in [0.5, 0.6) is 0 Å². The van der Waals surface area contributed by atoms with Crippen molar-refractivity contribution in [2.75, 3.05) is 0 Å². The van der Waals surface area contributed by atoms with Crippen LogP contribution in [0.2, 0.25) is 0 Å². The van der Waals surface area contributed by atoms with Crippen molar-refractivity contribution in [3.05, 3.63) is 46.1 Å². The highest BCUT2D eigenvalue weighted by molar-refractivity contribution is 7.71. The number of hydrogen-bond acceptors (Lipinski definition) is 3. The van der Waals surface area contributed by atoms with Crippen molar-refractivity contribution in [3.63, 3.8) is 0 Å². The summed E-state index contributed by atoms with van der Waals surface area (Å²) < 4.78 is 14.0. The van der Waals surface area contributed by atoms with Crippen molar-refractivity contribution in [2.45, 2.75) is 19.8 Å². The molecule has 1 aromatic carbocycles. The van der Waals surface area contributed by atoms with E-state index in [1.165, 1.54) is 18.5 Å². The number of rotatable bonds is 3. The Bertz CT molecular complexity index is 701. The lowest BCUT2D eigenvalue weighted by Gasteiger charge is -2.09. The lowest BCUT2D eigenvalue weighted by atomic mass is 10.0. The maximum absolute atomic E-state index is 13.5. The fourth-order valence-electron chi connectivity index (χ4n) is 1.97. The smallest absolute Gasteiger partial charge is 0.133 e. The molecule has 0 radical (unpaired) electrons. The fraction of sp³-hybridized carbons (Fsp3) is 0.214. The van der Waals surface area contributed by atoms with Crippen LogP contribution in [0.15, 0.2) is 24.5 Å². The van der Waals surface area contributed by atoms with Gasteiger partial charge in [0.05, 0.1) is 23.7 Å². The molecule has 0 aliphatic heterocycles. The van der Waals surface area contributed by atoms with E-state index >= 15 is 0 Å². The average molecular weight is 273 g/mol. The van der Waals surface area contributed by atoms with Crippen molar-refractivity contribution in [1.82, 2.24) is 9.97 Å². The third kappa shape index (κ3) is 2.85. The maximum Gasteiger partial charge on any atom is 0.133 e. The first-order valence-corrected chi connectivity index (χ1v) is 6.34. The van der Waals surface area contributed by atoms with Crippen LogP contribution in [0.4, 0.5) is 4.39 Å². The molecule has 19 heavy (non-hydrogen) atoms. The first kappa shape index (κ1) is 13.4. The number of nitriles is 1.